The standard InChI is InChI=1S/C20H23N3O2S/c1-2-4-20-16(3-1)23(12-15-7-9-21-22-15)10-8-19(26-20)14-5-6-17-18(11-14)25-13-24-17/h1-6,11,15,19,21-22H,7-10,12-13H2. The smallest absolute Gasteiger partial charge is 0.231 e. The van der Waals surface area contributed by atoms with Crippen LogP contribution >= 0.6 is 11.8 Å². The van der Waals surface area contributed by atoms with Gasteiger partial charge in [-0.25, -0.2) is 0 Å². The second-order valence-corrected chi connectivity index (χ2v) is 8.22. The molecule has 2 aromatic rings. The van der Waals surface area contributed by atoms with Crippen molar-refractivity contribution in [2.75, 3.05) is 31.3 Å². The minimum Gasteiger partial charge on any atom is -0.454 e. The average molecular weight is 369 g/mol. The SMILES string of the molecule is c1ccc2c(c1)SC(c1ccc3c(c1)OCO3)CCN2CC1CCNN1. The molecule has 5 rings (SSSR count). The van der Waals surface area contributed by atoms with Crippen LogP contribution in [-0.2, 0) is 0 Å². The average Bonchev–Trinajstić information content (AvgIpc) is 3.31. The molecule has 0 spiro atoms. The highest BCUT2D eigenvalue weighted by molar-refractivity contribution is 7.99. The van der Waals surface area contributed by atoms with Gasteiger partial charge in [-0.1, -0.05) is 18.2 Å². The first-order chi connectivity index (χ1) is 12.9. The van der Waals surface area contributed by atoms with Crippen molar-refractivity contribution in [2.24, 2.45) is 0 Å². The zero-order chi connectivity index (χ0) is 17.3. The van der Waals surface area contributed by atoms with Gasteiger partial charge >= 0.3 is 0 Å². The van der Waals surface area contributed by atoms with Gasteiger partial charge in [-0.3, -0.25) is 10.9 Å². The first-order valence-corrected chi connectivity index (χ1v) is 10.1. The Bertz CT molecular complexity index is 794. The molecule has 0 saturated carbocycles. The second kappa shape index (κ2) is 7.02. The molecule has 5 nitrogen and oxygen atoms in total. The Morgan fingerprint density at radius 1 is 1.08 bits per heavy atom. The van der Waals surface area contributed by atoms with Gasteiger partial charge < -0.3 is 14.4 Å². The van der Waals surface area contributed by atoms with Crippen LogP contribution < -0.4 is 25.2 Å². The van der Waals surface area contributed by atoms with Crippen LogP contribution in [0, 0.1) is 0 Å². The van der Waals surface area contributed by atoms with E-state index in [0.29, 0.717) is 18.1 Å². The van der Waals surface area contributed by atoms with Crippen molar-refractivity contribution < 1.29 is 9.47 Å². The van der Waals surface area contributed by atoms with E-state index in [1.807, 2.05) is 17.8 Å². The molecule has 6 heteroatoms. The Morgan fingerprint density at radius 2 is 2.00 bits per heavy atom. The summed E-state index contributed by atoms with van der Waals surface area (Å²) in [4.78, 5) is 3.90. The van der Waals surface area contributed by atoms with Crippen LogP contribution in [0.3, 0.4) is 0 Å². The predicted octanol–water partition coefficient (Wildman–Crippen LogP) is 3.33. The highest BCUT2D eigenvalue weighted by Crippen LogP contribution is 2.47. The number of benzene rings is 2. The lowest BCUT2D eigenvalue weighted by molar-refractivity contribution is 0.174. The number of rotatable bonds is 3. The van der Waals surface area contributed by atoms with Crippen molar-refractivity contribution >= 4 is 17.4 Å². The summed E-state index contributed by atoms with van der Waals surface area (Å²) >= 11 is 1.96. The predicted molar refractivity (Wildman–Crippen MR) is 104 cm³/mol. The van der Waals surface area contributed by atoms with E-state index in [9.17, 15) is 0 Å². The summed E-state index contributed by atoms with van der Waals surface area (Å²) in [7, 11) is 0. The number of nitrogens with zero attached hydrogens (tertiary/aromatic N) is 1. The van der Waals surface area contributed by atoms with Gasteiger partial charge in [-0.05, 0) is 42.7 Å². The van der Waals surface area contributed by atoms with Crippen LogP contribution in [0.2, 0.25) is 0 Å². The van der Waals surface area contributed by atoms with Crippen molar-refractivity contribution in [3.05, 3.63) is 48.0 Å². The van der Waals surface area contributed by atoms with Gasteiger partial charge in [0, 0.05) is 35.8 Å². The maximum atomic E-state index is 5.58. The summed E-state index contributed by atoms with van der Waals surface area (Å²) in [6.45, 7) is 3.48. The van der Waals surface area contributed by atoms with Crippen molar-refractivity contribution in [2.45, 2.75) is 29.0 Å². The van der Waals surface area contributed by atoms with E-state index in [1.54, 1.807) is 0 Å². The Morgan fingerprint density at radius 3 is 2.92 bits per heavy atom. The van der Waals surface area contributed by atoms with E-state index in [2.05, 4.69) is 52.1 Å². The zero-order valence-corrected chi connectivity index (χ0v) is 15.4. The van der Waals surface area contributed by atoms with Crippen LogP contribution in [0.5, 0.6) is 11.5 Å². The number of fused-ring (bicyclic) bond motifs is 2. The van der Waals surface area contributed by atoms with Crippen LogP contribution in [-0.4, -0.2) is 32.5 Å². The number of ether oxygens (including phenoxy) is 2. The molecular weight excluding hydrogens is 346 g/mol. The van der Waals surface area contributed by atoms with Crippen molar-refractivity contribution in [1.82, 2.24) is 10.9 Å². The summed E-state index contributed by atoms with van der Waals surface area (Å²) in [6, 6.07) is 15.7. The molecule has 3 aliphatic heterocycles. The van der Waals surface area contributed by atoms with Gasteiger partial charge in [0.25, 0.3) is 0 Å². The Kier molecular flexibility index (Phi) is 4.40. The monoisotopic (exact) mass is 369 g/mol. The molecule has 0 amide bonds. The van der Waals surface area contributed by atoms with Crippen molar-refractivity contribution in [3.8, 4) is 11.5 Å². The molecule has 26 heavy (non-hydrogen) atoms. The van der Waals surface area contributed by atoms with Crippen LogP contribution in [0.25, 0.3) is 0 Å². The molecule has 1 fully saturated rings. The molecule has 2 aromatic carbocycles. The molecule has 2 N–H and O–H groups in total. The molecule has 2 atom stereocenters. The molecule has 1 saturated heterocycles. The van der Waals surface area contributed by atoms with Gasteiger partial charge in [0.1, 0.15) is 0 Å². The van der Waals surface area contributed by atoms with E-state index < -0.39 is 0 Å². The van der Waals surface area contributed by atoms with E-state index in [-0.39, 0.29) is 0 Å². The van der Waals surface area contributed by atoms with Gasteiger partial charge in [-0.15, -0.1) is 11.8 Å². The molecule has 3 aliphatic rings. The fraction of sp³-hybridized carbons (Fsp3) is 0.400. The fourth-order valence-electron chi connectivity index (χ4n) is 3.90. The Hall–Kier alpha value is -1.89. The highest BCUT2D eigenvalue weighted by atomic mass is 32.2. The van der Waals surface area contributed by atoms with E-state index in [1.165, 1.54) is 22.6 Å². The first kappa shape index (κ1) is 16.3. The molecule has 3 heterocycles. The molecule has 0 aliphatic carbocycles. The van der Waals surface area contributed by atoms with Crippen LogP contribution in [0.1, 0.15) is 23.7 Å². The van der Waals surface area contributed by atoms with E-state index >= 15 is 0 Å². The lowest BCUT2D eigenvalue weighted by atomic mass is 10.1. The molecule has 2 unspecified atom stereocenters. The van der Waals surface area contributed by atoms with Crippen molar-refractivity contribution in [1.29, 1.82) is 0 Å². The number of nitrogens with one attached hydrogen (secondary N) is 2. The van der Waals surface area contributed by atoms with Crippen LogP contribution in [0.4, 0.5) is 5.69 Å². The van der Waals surface area contributed by atoms with Gasteiger partial charge in [0.2, 0.25) is 6.79 Å². The summed E-state index contributed by atoms with van der Waals surface area (Å²) in [5.74, 6) is 1.73. The normalized spacial score (nSPS) is 24.4. The number of anilines is 1. The zero-order valence-electron chi connectivity index (χ0n) is 14.6. The molecule has 136 valence electrons. The number of hydrazine groups is 1. The lowest BCUT2D eigenvalue weighted by Gasteiger charge is -2.27. The summed E-state index contributed by atoms with van der Waals surface area (Å²) in [6.07, 6.45) is 2.29. The lowest BCUT2D eigenvalue weighted by Crippen LogP contribution is -2.40. The van der Waals surface area contributed by atoms with Gasteiger partial charge in [-0.2, -0.15) is 0 Å². The Balaban J connectivity index is 1.41. The van der Waals surface area contributed by atoms with Gasteiger partial charge in [0.05, 0.1) is 5.69 Å². The third-order valence-electron chi connectivity index (χ3n) is 5.27. The van der Waals surface area contributed by atoms with E-state index in [4.69, 9.17) is 9.47 Å². The summed E-state index contributed by atoms with van der Waals surface area (Å²) < 4.78 is 11.0. The maximum absolute atomic E-state index is 5.58. The summed E-state index contributed by atoms with van der Waals surface area (Å²) in [5.41, 5.74) is 9.32. The van der Waals surface area contributed by atoms with Gasteiger partial charge in [0.15, 0.2) is 11.5 Å². The minimum atomic E-state index is 0.329. The topological polar surface area (TPSA) is 45.8 Å². The molecule has 0 aromatic heterocycles. The number of hydrogen-bond acceptors (Lipinski definition) is 6. The largest absolute Gasteiger partial charge is 0.454 e. The third-order valence-corrected chi connectivity index (χ3v) is 6.66. The third kappa shape index (κ3) is 3.13. The number of hydrogen-bond donors (Lipinski definition) is 2. The Labute approximate surface area is 158 Å². The van der Waals surface area contributed by atoms with E-state index in [0.717, 1.165) is 37.6 Å². The number of thioether (sulfide) groups is 1. The molecule has 0 radical (unpaired) electrons. The second-order valence-electron chi connectivity index (χ2n) is 6.98. The maximum Gasteiger partial charge on any atom is 0.231 e. The minimum absolute atomic E-state index is 0.329. The summed E-state index contributed by atoms with van der Waals surface area (Å²) in [5, 5.41) is 0.422. The van der Waals surface area contributed by atoms with Crippen molar-refractivity contribution in [3.63, 3.8) is 0 Å². The number of para-hydroxylation sites is 1. The highest BCUT2D eigenvalue weighted by Gasteiger charge is 2.27. The van der Waals surface area contributed by atoms with Crippen LogP contribution in [0.15, 0.2) is 47.4 Å². The first-order valence-electron chi connectivity index (χ1n) is 9.25. The molecule has 0 bridgehead atoms. The fourth-order valence-corrected chi connectivity index (χ4v) is 5.19. The quantitative estimate of drug-likeness (QED) is 0.865. The molecular formula is C20H23N3O2S.